The summed E-state index contributed by atoms with van der Waals surface area (Å²) in [7, 11) is -3.37. The van der Waals surface area contributed by atoms with Gasteiger partial charge in [0.05, 0.1) is 23.7 Å². The number of nitrogens with zero attached hydrogens (tertiary/aromatic N) is 2. The Morgan fingerprint density at radius 2 is 1.96 bits per heavy atom. The number of carbonyl (C=O) groups is 1. The maximum Gasteiger partial charge on any atom is 0.229 e. The van der Waals surface area contributed by atoms with Gasteiger partial charge in [0.2, 0.25) is 10.0 Å². The second kappa shape index (κ2) is 6.21. The fourth-order valence-corrected chi connectivity index (χ4v) is 3.12. The van der Waals surface area contributed by atoms with Crippen LogP contribution in [0.2, 0.25) is 0 Å². The number of sulfonamides is 1. The Labute approximate surface area is 151 Å². The average molecular weight is 372 g/mol. The van der Waals surface area contributed by atoms with Crippen LogP contribution in [-0.2, 0) is 10.0 Å². The van der Waals surface area contributed by atoms with Crippen molar-refractivity contribution < 1.29 is 13.2 Å². The minimum absolute atomic E-state index is 0.0253. The molecule has 0 atom stereocenters. The van der Waals surface area contributed by atoms with Crippen molar-refractivity contribution in [2.24, 2.45) is 5.41 Å². The molecule has 0 fully saturated rings. The number of rotatable bonds is 4. The highest BCUT2D eigenvalue weighted by atomic mass is 32.2. The summed E-state index contributed by atoms with van der Waals surface area (Å²) in [5.74, 6) is -0.0253. The maximum atomic E-state index is 12.6. The Morgan fingerprint density at radius 3 is 2.62 bits per heavy atom. The molecule has 0 unspecified atom stereocenters. The van der Waals surface area contributed by atoms with Crippen LogP contribution < -0.4 is 4.72 Å². The zero-order chi connectivity index (χ0) is 19.1. The lowest BCUT2D eigenvalue weighted by atomic mass is 9.87. The zero-order valence-electron chi connectivity index (χ0n) is 15.0. The molecule has 3 rings (SSSR count). The number of nitrogens with one attached hydrogen (secondary N) is 2. The van der Waals surface area contributed by atoms with Crippen LogP contribution in [0, 0.1) is 5.41 Å². The summed E-state index contributed by atoms with van der Waals surface area (Å²) in [6, 6.07) is 6.87. The zero-order valence-corrected chi connectivity index (χ0v) is 15.8. The predicted octanol–water partition coefficient (Wildman–Crippen LogP) is 3.23. The van der Waals surface area contributed by atoms with Crippen molar-refractivity contribution in [3.63, 3.8) is 0 Å². The highest BCUT2D eigenvalue weighted by Gasteiger charge is 2.26. The Morgan fingerprint density at radius 1 is 1.23 bits per heavy atom. The van der Waals surface area contributed by atoms with Crippen molar-refractivity contribution >= 4 is 32.7 Å². The first-order valence-electron chi connectivity index (χ1n) is 8.02. The molecular weight excluding hydrogens is 352 g/mol. The van der Waals surface area contributed by atoms with Gasteiger partial charge in [0.1, 0.15) is 5.52 Å². The van der Waals surface area contributed by atoms with Gasteiger partial charge in [-0.1, -0.05) is 32.9 Å². The maximum absolute atomic E-state index is 12.6. The summed E-state index contributed by atoms with van der Waals surface area (Å²) in [6.45, 7) is 5.56. The van der Waals surface area contributed by atoms with E-state index < -0.39 is 15.4 Å². The van der Waals surface area contributed by atoms with Crippen LogP contribution in [0.1, 0.15) is 31.1 Å². The first kappa shape index (κ1) is 18.1. The van der Waals surface area contributed by atoms with Crippen LogP contribution in [0.4, 0.5) is 5.69 Å². The van der Waals surface area contributed by atoms with Gasteiger partial charge >= 0.3 is 0 Å². The molecule has 7 nitrogen and oxygen atoms in total. The lowest BCUT2D eigenvalue weighted by Gasteiger charge is -2.15. The molecule has 0 radical (unpaired) electrons. The van der Waals surface area contributed by atoms with Gasteiger partial charge in [0.15, 0.2) is 11.4 Å². The molecule has 2 aromatic heterocycles. The number of benzene rings is 1. The van der Waals surface area contributed by atoms with Gasteiger partial charge in [-0.15, -0.1) is 0 Å². The minimum Gasteiger partial charge on any atom is -0.344 e. The van der Waals surface area contributed by atoms with Crippen LogP contribution in [0.25, 0.3) is 22.4 Å². The highest BCUT2D eigenvalue weighted by molar-refractivity contribution is 7.92. The number of carbonyl (C=O) groups excluding carboxylic acids is 1. The first-order chi connectivity index (χ1) is 12.0. The summed E-state index contributed by atoms with van der Waals surface area (Å²) in [6.07, 6.45) is 4.31. The van der Waals surface area contributed by atoms with Gasteiger partial charge in [-0.3, -0.25) is 9.52 Å². The standard InChI is InChI=1S/C18H20N4O3S/c1-18(2,3)16(23)13-9-19-17-15(13)21-14(10-20-17)11-6-5-7-12(8-11)22-26(4,24)25/h5-10,22H,1-4H3,(H,19,20). The molecule has 0 saturated carbocycles. The van der Waals surface area contributed by atoms with Crippen molar-refractivity contribution in [1.29, 1.82) is 0 Å². The smallest absolute Gasteiger partial charge is 0.229 e. The topological polar surface area (TPSA) is 105 Å². The van der Waals surface area contributed by atoms with Crippen LogP contribution in [0.5, 0.6) is 0 Å². The van der Waals surface area contributed by atoms with Crippen molar-refractivity contribution in [1.82, 2.24) is 15.0 Å². The highest BCUT2D eigenvalue weighted by Crippen LogP contribution is 2.27. The van der Waals surface area contributed by atoms with Gasteiger partial charge in [0, 0.05) is 22.9 Å². The van der Waals surface area contributed by atoms with Gasteiger partial charge in [-0.05, 0) is 12.1 Å². The number of aromatic amines is 1. The van der Waals surface area contributed by atoms with E-state index >= 15 is 0 Å². The third-order valence-corrected chi connectivity index (χ3v) is 4.37. The quantitative estimate of drug-likeness (QED) is 0.684. The molecule has 1 aromatic carbocycles. The van der Waals surface area contributed by atoms with Crippen LogP contribution >= 0.6 is 0 Å². The number of Topliss-reactive ketones (excluding diaryl/α,β-unsaturated/α-hetero) is 1. The van der Waals surface area contributed by atoms with Crippen LogP contribution in [-0.4, -0.2) is 35.4 Å². The molecular formula is C18H20N4O3S. The molecule has 8 heteroatoms. The molecule has 2 heterocycles. The largest absolute Gasteiger partial charge is 0.344 e. The van der Waals surface area contributed by atoms with E-state index in [2.05, 4.69) is 19.7 Å². The van der Waals surface area contributed by atoms with E-state index in [4.69, 9.17) is 0 Å². The van der Waals surface area contributed by atoms with E-state index in [9.17, 15) is 13.2 Å². The van der Waals surface area contributed by atoms with Crippen LogP contribution in [0.3, 0.4) is 0 Å². The number of hydrogen-bond donors (Lipinski definition) is 2. The van der Waals surface area contributed by atoms with E-state index in [1.807, 2.05) is 20.8 Å². The van der Waals surface area contributed by atoms with E-state index in [-0.39, 0.29) is 5.78 Å². The molecule has 26 heavy (non-hydrogen) atoms. The summed E-state index contributed by atoms with van der Waals surface area (Å²) >= 11 is 0. The summed E-state index contributed by atoms with van der Waals surface area (Å²) < 4.78 is 25.3. The monoisotopic (exact) mass is 372 g/mol. The molecule has 2 N–H and O–H groups in total. The normalized spacial score (nSPS) is 12.3. The van der Waals surface area contributed by atoms with Crippen molar-refractivity contribution in [3.05, 3.63) is 42.2 Å². The number of H-pyrrole nitrogens is 1. The Balaban J connectivity index is 2.07. The first-order valence-corrected chi connectivity index (χ1v) is 9.91. The number of aromatic nitrogens is 3. The fraction of sp³-hybridized carbons (Fsp3) is 0.278. The molecule has 0 bridgehead atoms. The van der Waals surface area contributed by atoms with Crippen LogP contribution in [0.15, 0.2) is 36.7 Å². The number of ketones is 1. The summed E-state index contributed by atoms with van der Waals surface area (Å²) in [5, 5.41) is 0. The number of fused-ring (bicyclic) bond motifs is 1. The third-order valence-electron chi connectivity index (χ3n) is 3.77. The second-order valence-electron chi connectivity index (χ2n) is 7.19. The van der Waals surface area contributed by atoms with Crippen molar-refractivity contribution in [3.8, 4) is 11.3 Å². The molecule has 3 aromatic rings. The molecule has 0 saturated heterocycles. The van der Waals surface area contributed by atoms with Gasteiger partial charge < -0.3 is 4.98 Å². The van der Waals surface area contributed by atoms with E-state index in [1.165, 1.54) is 0 Å². The van der Waals surface area contributed by atoms with Gasteiger partial charge in [-0.25, -0.2) is 18.4 Å². The second-order valence-corrected chi connectivity index (χ2v) is 8.94. The predicted molar refractivity (Wildman–Crippen MR) is 102 cm³/mol. The minimum atomic E-state index is -3.37. The third kappa shape index (κ3) is 3.75. The molecule has 136 valence electrons. The lowest BCUT2D eigenvalue weighted by Crippen LogP contribution is -2.20. The molecule has 0 aliphatic carbocycles. The molecule has 0 aliphatic rings. The van der Waals surface area contributed by atoms with E-state index in [0.717, 1.165) is 6.26 Å². The van der Waals surface area contributed by atoms with E-state index in [0.29, 0.717) is 33.7 Å². The molecule has 0 spiro atoms. The lowest BCUT2D eigenvalue weighted by molar-refractivity contribution is 0.0860. The fourth-order valence-electron chi connectivity index (χ4n) is 2.56. The Kier molecular flexibility index (Phi) is 4.31. The number of hydrogen-bond acceptors (Lipinski definition) is 5. The molecule has 0 aliphatic heterocycles. The Hall–Kier alpha value is -2.74. The van der Waals surface area contributed by atoms with Crippen molar-refractivity contribution in [2.75, 3.05) is 11.0 Å². The summed E-state index contributed by atoms with van der Waals surface area (Å²) in [5.41, 5.74) is 2.68. The molecule has 0 amide bonds. The summed E-state index contributed by atoms with van der Waals surface area (Å²) in [4.78, 5) is 24.5. The average Bonchev–Trinajstić information content (AvgIpc) is 2.94. The van der Waals surface area contributed by atoms with Gasteiger partial charge in [0.25, 0.3) is 0 Å². The van der Waals surface area contributed by atoms with E-state index in [1.54, 1.807) is 36.7 Å². The number of anilines is 1. The SMILES string of the molecule is CC(C)(C)C(=O)c1c[nH]c2ncc(-c3cccc(NS(C)(=O)=O)c3)nc12. The Bertz CT molecular complexity index is 1100. The van der Waals surface area contributed by atoms with Gasteiger partial charge in [-0.2, -0.15) is 0 Å². The van der Waals surface area contributed by atoms with Crippen molar-refractivity contribution in [2.45, 2.75) is 20.8 Å².